The van der Waals surface area contributed by atoms with Gasteiger partial charge in [-0.25, -0.2) is 0 Å². The van der Waals surface area contributed by atoms with Crippen LogP contribution >= 0.6 is 0 Å². The number of nitrogens with zero attached hydrogens (tertiary/aromatic N) is 2. The summed E-state index contributed by atoms with van der Waals surface area (Å²) in [5, 5.41) is 3.11. The van der Waals surface area contributed by atoms with Gasteiger partial charge >= 0.3 is 0 Å². The van der Waals surface area contributed by atoms with Crippen LogP contribution in [0.1, 0.15) is 57.1 Å². The fraction of sp³-hybridized carbons (Fsp3) is 0.640. The zero-order valence-corrected chi connectivity index (χ0v) is 19.9. The average molecular weight is 444 g/mol. The summed E-state index contributed by atoms with van der Waals surface area (Å²) in [6, 6.07) is 6.27. The minimum Gasteiger partial charge on any atom is -0.493 e. The molecule has 3 rings (SSSR count). The number of likely N-dealkylation sites (tertiary alicyclic amines) is 2. The van der Waals surface area contributed by atoms with Gasteiger partial charge in [0.25, 0.3) is 0 Å². The third-order valence-corrected chi connectivity index (χ3v) is 6.54. The Morgan fingerprint density at radius 1 is 1.16 bits per heavy atom. The predicted octanol–water partition coefficient (Wildman–Crippen LogP) is 2.83. The lowest BCUT2D eigenvalue weighted by Gasteiger charge is -2.33. The molecule has 2 aliphatic heterocycles. The number of benzene rings is 1. The Bertz CT molecular complexity index is 810. The molecule has 7 nitrogen and oxygen atoms in total. The van der Waals surface area contributed by atoms with Crippen molar-refractivity contribution in [3.8, 4) is 5.75 Å². The second-order valence-corrected chi connectivity index (χ2v) is 9.38. The number of hydrogen-bond acceptors (Lipinski definition) is 4. The van der Waals surface area contributed by atoms with Gasteiger partial charge in [-0.05, 0) is 58.1 Å². The van der Waals surface area contributed by atoms with Gasteiger partial charge in [-0.15, -0.1) is 0 Å². The van der Waals surface area contributed by atoms with Crippen LogP contribution in [0, 0.1) is 19.8 Å². The number of aryl methyl sites for hydroxylation is 2. The summed E-state index contributed by atoms with van der Waals surface area (Å²) in [6.07, 6.45) is 2.96. The number of carbonyl (C=O) groups is 3. The van der Waals surface area contributed by atoms with E-state index in [9.17, 15) is 14.4 Å². The molecule has 1 aromatic carbocycles. The van der Waals surface area contributed by atoms with Crippen molar-refractivity contribution in [2.24, 2.45) is 5.92 Å². The Hall–Kier alpha value is -2.57. The normalized spacial score (nSPS) is 19.5. The molecule has 2 aliphatic rings. The van der Waals surface area contributed by atoms with Gasteiger partial charge in [-0.2, -0.15) is 0 Å². The molecule has 0 spiro atoms. The van der Waals surface area contributed by atoms with Crippen LogP contribution in [0.5, 0.6) is 5.75 Å². The number of carbonyl (C=O) groups excluding carboxylic acids is 3. The lowest BCUT2D eigenvalue weighted by Crippen LogP contribution is -2.48. The Kier molecular flexibility index (Phi) is 8.15. The van der Waals surface area contributed by atoms with Gasteiger partial charge in [0.1, 0.15) is 5.75 Å². The van der Waals surface area contributed by atoms with Crippen molar-refractivity contribution in [1.29, 1.82) is 0 Å². The minimum absolute atomic E-state index is 0.0325. The van der Waals surface area contributed by atoms with E-state index in [0.29, 0.717) is 45.5 Å². The highest BCUT2D eigenvalue weighted by atomic mass is 16.5. The van der Waals surface area contributed by atoms with E-state index in [1.807, 2.05) is 50.8 Å². The van der Waals surface area contributed by atoms with Crippen LogP contribution in [-0.2, 0) is 14.4 Å². The van der Waals surface area contributed by atoms with E-state index in [1.165, 1.54) is 0 Å². The molecule has 0 saturated carbocycles. The van der Waals surface area contributed by atoms with Gasteiger partial charge in [-0.1, -0.05) is 18.2 Å². The molecule has 7 heteroatoms. The maximum atomic E-state index is 12.6. The summed E-state index contributed by atoms with van der Waals surface area (Å²) in [6.45, 7) is 10.3. The number of ether oxygens (including phenoxy) is 1. The van der Waals surface area contributed by atoms with E-state index >= 15 is 0 Å². The van der Waals surface area contributed by atoms with E-state index in [-0.39, 0.29) is 35.7 Å². The lowest BCUT2D eigenvalue weighted by molar-refractivity contribution is -0.133. The number of piperidine rings is 1. The average Bonchev–Trinajstić information content (AvgIpc) is 3.15. The molecular weight excluding hydrogens is 406 g/mol. The van der Waals surface area contributed by atoms with Crippen LogP contribution in [0.3, 0.4) is 0 Å². The fourth-order valence-corrected chi connectivity index (χ4v) is 4.58. The molecule has 0 aromatic heterocycles. The van der Waals surface area contributed by atoms with Gasteiger partial charge in [-0.3, -0.25) is 14.4 Å². The number of rotatable bonds is 8. The summed E-state index contributed by atoms with van der Waals surface area (Å²) in [7, 11) is 0. The fourth-order valence-electron chi connectivity index (χ4n) is 4.58. The summed E-state index contributed by atoms with van der Waals surface area (Å²) in [4.78, 5) is 40.9. The first kappa shape index (κ1) is 24.1. The van der Waals surface area contributed by atoms with Crippen LogP contribution in [0.2, 0.25) is 0 Å². The maximum absolute atomic E-state index is 12.6. The van der Waals surface area contributed by atoms with E-state index in [4.69, 9.17) is 4.74 Å². The molecule has 0 bridgehead atoms. The van der Waals surface area contributed by atoms with E-state index < -0.39 is 0 Å². The molecule has 1 N–H and O–H groups in total. The molecule has 3 amide bonds. The third kappa shape index (κ3) is 6.02. The molecule has 0 aliphatic carbocycles. The lowest BCUT2D eigenvalue weighted by atomic mass is 10.0. The molecule has 32 heavy (non-hydrogen) atoms. The SMILES string of the molecule is Cc1cccc(C)c1OCCCC(=O)N1CCC(NC(=O)C2CC(=O)N(C(C)C)C2)CC1. The van der Waals surface area contributed by atoms with E-state index in [2.05, 4.69) is 5.32 Å². The Morgan fingerprint density at radius 2 is 1.81 bits per heavy atom. The van der Waals surface area contributed by atoms with E-state index in [0.717, 1.165) is 29.7 Å². The van der Waals surface area contributed by atoms with Gasteiger partial charge in [0.15, 0.2) is 0 Å². The number of nitrogens with one attached hydrogen (secondary N) is 1. The quantitative estimate of drug-likeness (QED) is 0.627. The number of hydrogen-bond donors (Lipinski definition) is 1. The Labute approximate surface area is 191 Å². The largest absolute Gasteiger partial charge is 0.493 e. The highest BCUT2D eigenvalue weighted by Crippen LogP contribution is 2.23. The monoisotopic (exact) mass is 443 g/mol. The highest BCUT2D eigenvalue weighted by molar-refractivity contribution is 5.89. The molecule has 0 radical (unpaired) electrons. The molecule has 1 aromatic rings. The van der Waals surface area contributed by atoms with Crippen molar-refractivity contribution in [3.05, 3.63) is 29.3 Å². The smallest absolute Gasteiger partial charge is 0.225 e. The van der Waals surface area contributed by atoms with E-state index in [1.54, 1.807) is 4.90 Å². The topological polar surface area (TPSA) is 79.0 Å². The van der Waals surface area contributed by atoms with Gasteiger partial charge in [0.2, 0.25) is 17.7 Å². The van der Waals surface area contributed by atoms with Crippen molar-refractivity contribution < 1.29 is 19.1 Å². The first-order chi connectivity index (χ1) is 15.3. The first-order valence-corrected chi connectivity index (χ1v) is 11.8. The second kappa shape index (κ2) is 10.8. The van der Waals surface area contributed by atoms with Gasteiger partial charge in [0.05, 0.1) is 12.5 Å². The van der Waals surface area contributed by atoms with Crippen molar-refractivity contribution in [2.45, 2.75) is 71.9 Å². The molecule has 2 heterocycles. The predicted molar refractivity (Wildman–Crippen MR) is 123 cm³/mol. The van der Waals surface area contributed by atoms with Crippen LogP contribution in [0.15, 0.2) is 18.2 Å². The van der Waals surface area contributed by atoms with Crippen molar-refractivity contribution in [3.63, 3.8) is 0 Å². The summed E-state index contributed by atoms with van der Waals surface area (Å²) >= 11 is 0. The van der Waals surface area contributed by atoms with Gasteiger partial charge in [0, 0.05) is 44.6 Å². The minimum atomic E-state index is -0.263. The zero-order valence-electron chi connectivity index (χ0n) is 19.9. The maximum Gasteiger partial charge on any atom is 0.225 e. The second-order valence-electron chi connectivity index (χ2n) is 9.38. The van der Waals surface area contributed by atoms with Crippen molar-refractivity contribution in [1.82, 2.24) is 15.1 Å². The Morgan fingerprint density at radius 3 is 2.41 bits per heavy atom. The van der Waals surface area contributed by atoms with Crippen LogP contribution < -0.4 is 10.1 Å². The molecular formula is C25H37N3O4. The van der Waals surface area contributed by atoms with Crippen molar-refractivity contribution >= 4 is 17.7 Å². The zero-order chi connectivity index (χ0) is 23.3. The van der Waals surface area contributed by atoms with Crippen LogP contribution in [0.25, 0.3) is 0 Å². The highest BCUT2D eigenvalue weighted by Gasteiger charge is 2.36. The summed E-state index contributed by atoms with van der Waals surface area (Å²) in [5.41, 5.74) is 2.22. The number of amides is 3. The van der Waals surface area contributed by atoms with Crippen LogP contribution in [-0.4, -0.2) is 65.8 Å². The standard InChI is InChI=1S/C25H37N3O4/c1-17(2)28-16-20(15-23(28)30)25(31)26-21-10-12-27(13-11-21)22(29)9-6-14-32-24-18(3)7-5-8-19(24)4/h5,7-8,17,20-21H,6,9-16H2,1-4H3,(H,26,31). The molecule has 2 fully saturated rings. The molecule has 1 unspecified atom stereocenters. The third-order valence-electron chi connectivity index (χ3n) is 6.54. The van der Waals surface area contributed by atoms with Crippen LogP contribution in [0.4, 0.5) is 0 Å². The Balaban J connectivity index is 1.35. The molecule has 2 saturated heterocycles. The molecule has 1 atom stereocenters. The summed E-state index contributed by atoms with van der Waals surface area (Å²) in [5.74, 6) is 0.823. The number of para-hydroxylation sites is 1. The van der Waals surface area contributed by atoms with Crippen molar-refractivity contribution in [2.75, 3.05) is 26.2 Å². The molecule has 176 valence electrons. The first-order valence-electron chi connectivity index (χ1n) is 11.8. The van der Waals surface area contributed by atoms with Gasteiger partial charge < -0.3 is 19.9 Å². The summed E-state index contributed by atoms with van der Waals surface area (Å²) < 4.78 is 5.90.